The minimum atomic E-state index is -3.16. The molecular weight excluding hydrogens is 185 g/mol. The van der Waals surface area contributed by atoms with Gasteiger partial charge in [-0.15, -0.1) is 0 Å². The van der Waals surface area contributed by atoms with E-state index in [1.54, 1.807) is 18.2 Å². The number of anilines is 1. The predicted molar refractivity (Wildman–Crippen MR) is 51.1 cm³/mol. The van der Waals surface area contributed by atoms with E-state index < -0.39 is 9.84 Å². The molecule has 0 atom stereocenters. The van der Waals surface area contributed by atoms with Crippen molar-refractivity contribution < 1.29 is 8.42 Å². The Kier molecular flexibility index (Phi) is 4.26. The van der Waals surface area contributed by atoms with Gasteiger partial charge in [0.2, 0.25) is 0 Å². The maximum atomic E-state index is 11.0. The Morgan fingerprint density at radius 2 is 1.75 bits per heavy atom. The first-order valence-electron chi connectivity index (χ1n) is 3.06. The van der Waals surface area contributed by atoms with Crippen LogP contribution in [0.1, 0.15) is 0 Å². The summed E-state index contributed by atoms with van der Waals surface area (Å²) in [6.07, 6.45) is 1.14. The Morgan fingerprint density at radius 1 is 1.25 bits per heavy atom. The number of hydrogen-bond donors (Lipinski definition) is 1. The van der Waals surface area contributed by atoms with Crippen molar-refractivity contribution in [1.29, 1.82) is 0 Å². The van der Waals surface area contributed by atoms with Gasteiger partial charge < -0.3 is 5.73 Å². The molecule has 5 heteroatoms. The van der Waals surface area contributed by atoms with Gasteiger partial charge in [-0.3, -0.25) is 0 Å². The SMILES string of the molecule is CS(=O)(=O)c1ccccc1N.[NaH]. The second-order valence-corrected chi connectivity index (χ2v) is 4.29. The zero-order valence-corrected chi connectivity index (χ0v) is 6.93. The Labute approximate surface area is 94.2 Å². The van der Waals surface area contributed by atoms with E-state index in [0.717, 1.165) is 6.26 Å². The molecule has 1 rings (SSSR count). The van der Waals surface area contributed by atoms with Crippen molar-refractivity contribution in [2.45, 2.75) is 4.90 Å². The van der Waals surface area contributed by atoms with Crippen LogP contribution in [0.5, 0.6) is 0 Å². The van der Waals surface area contributed by atoms with Crippen LogP contribution >= 0.6 is 0 Å². The number of sulfone groups is 1. The summed E-state index contributed by atoms with van der Waals surface area (Å²) in [5.74, 6) is 0. The molecule has 0 fully saturated rings. The van der Waals surface area contributed by atoms with E-state index in [0.29, 0.717) is 5.69 Å². The maximum absolute atomic E-state index is 11.0. The quantitative estimate of drug-likeness (QED) is 0.507. The van der Waals surface area contributed by atoms with Crippen LogP contribution in [-0.2, 0) is 9.84 Å². The van der Waals surface area contributed by atoms with Gasteiger partial charge >= 0.3 is 29.6 Å². The van der Waals surface area contributed by atoms with E-state index in [2.05, 4.69) is 0 Å². The zero-order valence-electron chi connectivity index (χ0n) is 6.11. The Morgan fingerprint density at radius 3 is 2.08 bits per heavy atom. The van der Waals surface area contributed by atoms with Gasteiger partial charge in [-0.2, -0.15) is 0 Å². The van der Waals surface area contributed by atoms with E-state index in [-0.39, 0.29) is 34.5 Å². The summed E-state index contributed by atoms with van der Waals surface area (Å²) < 4.78 is 21.9. The number of para-hydroxylation sites is 1. The van der Waals surface area contributed by atoms with Crippen LogP contribution in [0.2, 0.25) is 0 Å². The van der Waals surface area contributed by atoms with Crippen molar-refractivity contribution in [3.63, 3.8) is 0 Å². The standard InChI is InChI=1S/C7H9NO2S.Na.H/c1-11(9,10)7-5-3-2-4-6(7)8;;/h2-5H,8H2,1H3;;. The molecule has 0 saturated carbocycles. The summed E-state index contributed by atoms with van der Waals surface area (Å²) in [5, 5.41) is 0. The van der Waals surface area contributed by atoms with Gasteiger partial charge in [0, 0.05) is 6.26 Å². The number of benzene rings is 1. The molecule has 62 valence electrons. The van der Waals surface area contributed by atoms with Gasteiger partial charge in [0.25, 0.3) is 0 Å². The number of hydrogen-bond acceptors (Lipinski definition) is 3. The molecule has 0 aliphatic heterocycles. The summed E-state index contributed by atoms with van der Waals surface area (Å²) in [4.78, 5) is 0.194. The number of nitrogens with two attached hydrogens (primary N) is 1. The van der Waals surface area contributed by atoms with Crippen LogP contribution in [0, 0.1) is 0 Å². The summed E-state index contributed by atoms with van der Waals surface area (Å²) in [6, 6.07) is 6.40. The van der Waals surface area contributed by atoms with Crippen molar-refractivity contribution in [3.05, 3.63) is 24.3 Å². The van der Waals surface area contributed by atoms with E-state index in [1.165, 1.54) is 6.07 Å². The van der Waals surface area contributed by atoms with Gasteiger partial charge in [0.15, 0.2) is 9.84 Å². The second kappa shape index (κ2) is 4.28. The molecule has 2 N–H and O–H groups in total. The molecule has 0 spiro atoms. The van der Waals surface area contributed by atoms with E-state index in [9.17, 15) is 8.42 Å². The Bertz CT molecular complexity index is 361. The van der Waals surface area contributed by atoms with Gasteiger partial charge in [-0.1, -0.05) is 12.1 Å². The normalized spacial score (nSPS) is 10.4. The van der Waals surface area contributed by atoms with Crippen molar-refractivity contribution in [2.75, 3.05) is 12.0 Å². The molecule has 3 nitrogen and oxygen atoms in total. The summed E-state index contributed by atoms with van der Waals surface area (Å²) in [7, 11) is -3.16. The van der Waals surface area contributed by atoms with E-state index in [1.807, 2.05) is 0 Å². The third kappa shape index (κ3) is 2.79. The van der Waals surface area contributed by atoms with Crippen LogP contribution in [0.15, 0.2) is 29.2 Å². The molecule has 0 amide bonds. The van der Waals surface area contributed by atoms with Gasteiger partial charge in [0.05, 0.1) is 10.6 Å². The van der Waals surface area contributed by atoms with Crippen molar-refractivity contribution in [3.8, 4) is 0 Å². The third-order valence-corrected chi connectivity index (χ3v) is 2.49. The summed E-state index contributed by atoms with van der Waals surface area (Å²) in [5.41, 5.74) is 5.73. The molecule has 0 aliphatic rings. The predicted octanol–water partition coefficient (Wildman–Crippen LogP) is 0.0238. The third-order valence-electron chi connectivity index (χ3n) is 1.32. The first-order chi connectivity index (χ1) is 5.02. The Balaban J connectivity index is 0.00000121. The van der Waals surface area contributed by atoms with Crippen LogP contribution in [0.4, 0.5) is 5.69 Å². The molecule has 0 unspecified atom stereocenters. The van der Waals surface area contributed by atoms with Crippen molar-refractivity contribution in [2.24, 2.45) is 0 Å². The fourth-order valence-electron chi connectivity index (χ4n) is 0.818. The second-order valence-electron chi connectivity index (χ2n) is 2.31. The average molecular weight is 195 g/mol. The van der Waals surface area contributed by atoms with Gasteiger partial charge in [-0.05, 0) is 12.1 Å². The molecule has 12 heavy (non-hydrogen) atoms. The summed E-state index contributed by atoms with van der Waals surface area (Å²) in [6.45, 7) is 0. The molecule has 0 aliphatic carbocycles. The topological polar surface area (TPSA) is 60.2 Å². The minimum absolute atomic E-state index is 0. The van der Waals surface area contributed by atoms with Crippen LogP contribution < -0.4 is 5.73 Å². The van der Waals surface area contributed by atoms with Crippen LogP contribution in [-0.4, -0.2) is 44.2 Å². The first-order valence-corrected chi connectivity index (χ1v) is 4.95. The zero-order chi connectivity index (χ0) is 8.48. The molecule has 0 heterocycles. The molecule has 1 aromatic rings. The fourth-order valence-corrected chi connectivity index (χ4v) is 1.64. The Hall–Kier alpha value is -0.0300. The molecule has 1 aromatic carbocycles. The van der Waals surface area contributed by atoms with E-state index in [4.69, 9.17) is 5.73 Å². The molecule has 0 radical (unpaired) electrons. The van der Waals surface area contributed by atoms with E-state index >= 15 is 0 Å². The number of rotatable bonds is 1. The fraction of sp³-hybridized carbons (Fsp3) is 0.143. The van der Waals surface area contributed by atoms with Crippen molar-refractivity contribution >= 4 is 45.1 Å². The monoisotopic (exact) mass is 195 g/mol. The summed E-state index contributed by atoms with van der Waals surface area (Å²) >= 11 is 0. The van der Waals surface area contributed by atoms with Gasteiger partial charge in [0.1, 0.15) is 0 Å². The van der Waals surface area contributed by atoms with Gasteiger partial charge in [-0.25, -0.2) is 8.42 Å². The molecule has 0 bridgehead atoms. The van der Waals surface area contributed by atoms with Crippen molar-refractivity contribution in [1.82, 2.24) is 0 Å². The molecule has 0 aromatic heterocycles. The van der Waals surface area contributed by atoms with Crippen LogP contribution in [0.3, 0.4) is 0 Å². The molecular formula is C7H10NNaO2S. The average Bonchev–Trinajstić information content (AvgIpc) is 1.86. The van der Waals surface area contributed by atoms with Crippen LogP contribution in [0.25, 0.3) is 0 Å². The molecule has 0 saturated heterocycles. The number of nitrogen functional groups attached to an aromatic ring is 1. The first kappa shape index (κ1) is 12.0.